The monoisotopic (exact) mass is 341 g/mol. The van der Waals surface area contributed by atoms with E-state index in [0.29, 0.717) is 27.6 Å². The van der Waals surface area contributed by atoms with Gasteiger partial charge in [-0.25, -0.2) is 24.7 Å². The quantitative estimate of drug-likeness (QED) is 0.440. The molecule has 1 N–H and O–H groups in total. The highest BCUT2D eigenvalue weighted by atomic mass is 32.2. The number of fused-ring (bicyclic) bond motifs is 1. The molecule has 0 amide bonds. The Morgan fingerprint density at radius 3 is 2.83 bits per heavy atom. The number of benzene rings is 1. The predicted octanol–water partition coefficient (Wildman–Crippen LogP) is 2.98. The number of thioether (sulfide) groups is 1. The zero-order valence-electron chi connectivity index (χ0n) is 13.4. The molecule has 0 saturated heterocycles. The lowest BCUT2D eigenvalue weighted by atomic mass is 10.1. The van der Waals surface area contributed by atoms with Gasteiger partial charge in [-0.15, -0.1) is 0 Å². The molecule has 0 fully saturated rings. The Kier molecular flexibility index (Phi) is 4.57. The van der Waals surface area contributed by atoms with E-state index in [4.69, 9.17) is 4.74 Å². The molecule has 3 aromatic rings. The fourth-order valence-electron chi connectivity index (χ4n) is 2.16. The molecule has 0 aliphatic rings. The largest absolute Gasteiger partial charge is 0.465 e. The van der Waals surface area contributed by atoms with Crippen LogP contribution in [-0.2, 0) is 4.74 Å². The fraction of sp³-hybridized carbons (Fsp3) is 0.188. The molecule has 2 aromatic heterocycles. The Hall–Kier alpha value is -2.74. The van der Waals surface area contributed by atoms with Gasteiger partial charge in [0.05, 0.1) is 18.9 Å². The number of nitrogens with zero attached hydrogens (tertiary/aromatic N) is 4. The number of ether oxygens (including phenoxy) is 1. The third-order valence-electron chi connectivity index (χ3n) is 3.45. The van der Waals surface area contributed by atoms with Gasteiger partial charge in [-0.05, 0) is 30.9 Å². The van der Waals surface area contributed by atoms with Crippen LogP contribution in [0, 0.1) is 6.92 Å². The standard InChI is InChI=1S/C16H15N5O2S/c1-9-4-5-10(15(22)23-2)6-11(9)20-14-13-12(18-8-19-14)7-17-16(21-13)24-3/h4-8H,1-3H3,(H,18,19,20). The molecule has 24 heavy (non-hydrogen) atoms. The number of carbonyl (C=O) groups is 1. The predicted molar refractivity (Wildman–Crippen MR) is 92.7 cm³/mol. The Morgan fingerprint density at radius 2 is 2.08 bits per heavy atom. The second-order valence-corrected chi connectivity index (χ2v) is 5.73. The summed E-state index contributed by atoms with van der Waals surface area (Å²) in [5, 5.41) is 3.87. The summed E-state index contributed by atoms with van der Waals surface area (Å²) in [5.41, 5.74) is 3.45. The van der Waals surface area contributed by atoms with Crippen LogP contribution in [0.5, 0.6) is 0 Å². The van der Waals surface area contributed by atoms with Gasteiger partial charge in [-0.1, -0.05) is 17.8 Å². The van der Waals surface area contributed by atoms with Crippen LogP contribution in [0.2, 0.25) is 0 Å². The Bertz CT molecular complexity index is 916. The number of esters is 1. The van der Waals surface area contributed by atoms with Crippen molar-refractivity contribution >= 4 is 40.3 Å². The van der Waals surface area contributed by atoms with Crippen molar-refractivity contribution in [3.05, 3.63) is 41.9 Å². The van der Waals surface area contributed by atoms with E-state index in [1.807, 2.05) is 19.2 Å². The number of aryl methyl sites for hydroxylation is 1. The molecule has 7 nitrogen and oxygen atoms in total. The number of rotatable bonds is 4. The van der Waals surface area contributed by atoms with Crippen molar-refractivity contribution in [1.82, 2.24) is 19.9 Å². The van der Waals surface area contributed by atoms with Crippen LogP contribution in [0.1, 0.15) is 15.9 Å². The van der Waals surface area contributed by atoms with Gasteiger partial charge in [0.25, 0.3) is 0 Å². The molecular weight excluding hydrogens is 326 g/mol. The summed E-state index contributed by atoms with van der Waals surface area (Å²) < 4.78 is 4.77. The maximum absolute atomic E-state index is 11.7. The Labute approximate surface area is 142 Å². The first-order valence-electron chi connectivity index (χ1n) is 7.10. The molecule has 0 aliphatic heterocycles. The second-order valence-electron chi connectivity index (χ2n) is 4.96. The highest BCUT2D eigenvalue weighted by Crippen LogP contribution is 2.25. The van der Waals surface area contributed by atoms with Crippen LogP contribution in [0.3, 0.4) is 0 Å². The van der Waals surface area contributed by atoms with E-state index in [1.54, 1.807) is 18.3 Å². The zero-order chi connectivity index (χ0) is 17.1. The summed E-state index contributed by atoms with van der Waals surface area (Å²) in [4.78, 5) is 28.9. The van der Waals surface area contributed by atoms with Crippen LogP contribution < -0.4 is 5.32 Å². The fourth-order valence-corrected chi connectivity index (χ4v) is 2.50. The first kappa shape index (κ1) is 16.1. The summed E-state index contributed by atoms with van der Waals surface area (Å²) in [7, 11) is 1.36. The number of carbonyl (C=O) groups excluding carboxylic acids is 1. The molecule has 8 heteroatoms. The Morgan fingerprint density at radius 1 is 1.25 bits per heavy atom. The van der Waals surface area contributed by atoms with Crippen LogP contribution in [0.25, 0.3) is 11.0 Å². The van der Waals surface area contributed by atoms with Gasteiger partial charge in [-0.2, -0.15) is 0 Å². The topological polar surface area (TPSA) is 89.9 Å². The molecule has 0 radical (unpaired) electrons. The minimum absolute atomic E-state index is 0.391. The van der Waals surface area contributed by atoms with Crippen molar-refractivity contribution in [3.63, 3.8) is 0 Å². The van der Waals surface area contributed by atoms with Crippen molar-refractivity contribution in [2.45, 2.75) is 12.1 Å². The van der Waals surface area contributed by atoms with Gasteiger partial charge in [0.2, 0.25) is 0 Å². The summed E-state index contributed by atoms with van der Waals surface area (Å²) in [6.07, 6.45) is 5.02. The molecule has 0 spiro atoms. The lowest BCUT2D eigenvalue weighted by Gasteiger charge is -2.11. The van der Waals surface area contributed by atoms with E-state index < -0.39 is 5.97 Å². The maximum atomic E-state index is 11.7. The summed E-state index contributed by atoms with van der Waals surface area (Å²) in [5.74, 6) is 0.167. The van der Waals surface area contributed by atoms with Crippen molar-refractivity contribution in [2.24, 2.45) is 0 Å². The molecule has 0 saturated carbocycles. The van der Waals surface area contributed by atoms with Crippen molar-refractivity contribution in [1.29, 1.82) is 0 Å². The lowest BCUT2D eigenvalue weighted by molar-refractivity contribution is 0.0601. The van der Waals surface area contributed by atoms with Crippen molar-refractivity contribution in [2.75, 3.05) is 18.7 Å². The van der Waals surface area contributed by atoms with E-state index in [0.717, 1.165) is 11.3 Å². The number of hydrogen-bond acceptors (Lipinski definition) is 8. The smallest absolute Gasteiger partial charge is 0.337 e. The van der Waals surface area contributed by atoms with Crippen LogP contribution in [0.4, 0.5) is 11.5 Å². The lowest BCUT2D eigenvalue weighted by Crippen LogP contribution is -2.04. The zero-order valence-corrected chi connectivity index (χ0v) is 14.2. The number of hydrogen-bond donors (Lipinski definition) is 1. The van der Waals surface area contributed by atoms with Crippen LogP contribution in [-0.4, -0.2) is 39.3 Å². The first-order chi connectivity index (χ1) is 11.6. The molecule has 3 rings (SSSR count). The third-order valence-corrected chi connectivity index (χ3v) is 4.01. The average Bonchev–Trinajstić information content (AvgIpc) is 2.62. The molecule has 0 bridgehead atoms. The molecule has 0 atom stereocenters. The van der Waals surface area contributed by atoms with Gasteiger partial charge in [-0.3, -0.25) is 0 Å². The number of aromatic nitrogens is 4. The minimum atomic E-state index is -0.391. The second kappa shape index (κ2) is 6.79. The summed E-state index contributed by atoms with van der Waals surface area (Å²) in [6.45, 7) is 1.94. The van der Waals surface area contributed by atoms with Crippen molar-refractivity contribution < 1.29 is 9.53 Å². The van der Waals surface area contributed by atoms with E-state index in [9.17, 15) is 4.79 Å². The van der Waals surface area contributed by atoms with Gasteiger partial charge < -0.3 is 10.1 Å². The van der Waals surface area contributed by atoms with E-state index in [-0.39, 0.29) is 0 Å². The number of anilines is 2. The molecule has 1 aromatic carbocycles. The van der Waals surface area contributed by atoms with Gasteiger partial charge in [0.15, 0.2) is 11.0 Å². The van der Waals surface area contributed by atoms with E-state index in [2.05, 4.69) is 25.3 Å². The molecule has 2 heterocycles. The SMILES string of the molecule is COC(=O)c1ccc(C)c(Nc2ncnc3cnc(SC)nc23)c1. The Balaban J connectivity index is 2.05. The van der Waals surface area contributed by atoms with E-state index in [1.165, 1.54) is 25.2 Å². The highest BCUT2D eigenvalue weighted by molar-refractivity contribution is 7.98. The van der Waals surface area contributed by atoms with Gasteiger partial charge >= 0.3 is 5.97 Å². The summed E-state index contributed by atoms with van der Waals surface area (Å²) >= 11 is 1.44. The maximum Gasteiger partial charge on any atom is 0.337 e. The number of nitrogens with one attached hydrogen (secondary N) is 1. The average molecular weight is 341 g/mol. The van der Waals surface area contributed by atoms with Crippen LogP contribution >= 0.6 is 11.8 Å². The first-order valence-corrected chi connectivity index (χ1v) is 8.32. The molecular formula is C16H15N5O2S. The minimum Gasteiger partial charge on any atom is -0.465 e. The normalized spacial score (nSPS) is 10.6. The molecule has 0 unspecified atom stereocenters. The van der Waals surface area contributed by atoms with Gasteiger partial charge in [0.1, 0.15) is 17.4 Å². The summed E-state index contributed by atoms with van der Waals surface area (Å²) in [6, 6.07) is 5.30. The third kappa shape index (κ3) is 3.13. The molecule has 122 valence electrons. The van der Waals surface area contributed by atoms with Crippen LogP contribution in [0.15, 0.2) is 35.9 Å². The highest BCUT2D eigenvalue weighted by Gasteiger charge is 2.12. The molecule has 0 aliphatic carbocycles. The van der Waals surface area contributed by atoms with Gasteiger partial charge in [0, 0.05) is 5.69 Å². The van der Waals surface area contributed by atoms with E-state index >= 15 is 0 Å². The van der Waals surface area contributed by atoms with Crippen molar-refractivity contribution in [3.8, 4) is 0 Å². The number of methoxy groups -OCH3 is 1.